The van der Waals surface area contributed by atoms with Crippen LogP contribution in [0.25, 0.3) is 5.76 Å². The summed E-state index contributed by atoms with van der Waals surface area (Å²) in [7, 11) is 0. The molecule has 0 aliphatic carbocycles. The summed E-state index contributed by atoms with van der Waals surface area (Å²) in [5, 5.41) is 11.6. The van der Waals surface area contributed by atoms with Crippen LogP contribution in [0, 0.1) is 6.92 Å². The number of aryl methyl sites for hydroxylation is 1. The van der Waals surface area contributed by atoms with E-state index in [9.17, 15) is 14.7 Å². The van der Waals surface area contributed by atoms with Gasteiger partial charge in [-0.05, 0) is 78.6 Å². The van der Waals surface area contributed by atoms with Gasteiger partial charge in [-0.3, -0.25) is 14.6 Å². The molecule has 7 nitrogen and oxygen atoms in total. The van der Waals surface area contributed by atoms with Gasteiger partial charge < -0.3 is 19.5 Å². The minimum atomic E-state index is -0.839. The summed E-state index contributed by atoms with van der Waals surface area (Å²) < 4.78 is 11.9. The van der Waals surface area contributed by atoms with Gasteiger partial charge in [-0.25, -0.2) is 0 Å². The second kappa shape index (κ2) is 12.5. The number of aliphatic hydroxyl groups is 1. The Bertz CT molecular complexity index is 1570. The summed E-state index contributed by atoms with van der Waals surface area (Å²) in [6, 6.07) is 24.7. The SMILES string of the molecule is CCCCOc1ccc(C(O)=C2C(=O)C(=O)N(Cc3cccnc3)[C@H]2c2cccc(Oc3ccccc3)c2)c(C)c1. The standard InChI is InChI=1S/C34H32N2O5/c1-3-4-18-40-27-15-16-29(23(2)19-27)32(37)30-31(36(34(39)33(30)38)22-24-10-9-17-35-21-24)25-11-8-14-28(20-25)41-26-12-6-5-7-13-26/h5-17,19-21,31,37H,3-4,18,22H2,1-2H3/t31-/m0/s1. The van der Waals surface area contributed by atoms with Crippen molar-refractivity contribution in [2.45, 2.75) is 39.3 Å². The van der Waals surface area contributed by atoms with Crippen molar-refractivity contribution in [1.29, 1.82) is 0 Å². The molecule has 0 radical (unpaired) electrons. The number of pyridine rings is 1. The minimum Gasteiger partial charge on any atom is -0.507 e. The van der Waals surface area contributed by atoms with Gasteiger partial charge >= 0.3 is 0 Å². The van der Waals surface area contributed by atoms with Crippen molar-refractivity contribution in [3.8, 4) is 17.2 Å². The van der Waals surface area contributed by atoms with E-state index in [0.29, 0.717) is 35.0 Å². The number of likely N-dealkylation sites (tertiary alicyclic amines) is 1. The Kier molecular flexibility index (Phi) is 8.44. The van der Waals surface area contributed by atoms with E-state index in [2.05, 4.69) is 11.9 Å². The smallest absolute Gasteiger partial charge is 0.295 e. The number of hydrogen-bond donors (Lipinski definition) is 1. The number of ether oxygens (including phenoxy) is 2. The Balaban J connectivity index is 1.57. The molecule has 2 heterocycles. The van der Waals surface area contributed by atoms with E-state index in [1.54, 1.807) is 36.7 Å². The van der Waals surface area contributed by atoms with Gasteiger partial charge in [-0.2, -0.15) is 0 Å². The number of para-hydroxylation sites is 1. The first-order chi connectivity index (χ1) is 20.0. The fraction of sp³-hybridized carbons (Fsp3) is 0.206. The first-order valence-electron chi connectivity index (χ1n) is 13.7. The molecule has 0 saturated carbocycles. The van der Waals surface area contributed by atoms with E-state index >= 15 is 0 Å². The quantitative estimate of drug-likeness (QED) is 0.0995. The Morgan fingerprint density at radius 3 is 2.46 bits per heavy atom. The van der Waals surface area contributed by atoms with Crippen LogP contribution >= 0.6 is 0 Å². The van der Waals surface area contributed by atoms with Gasteiger partial charge in [-0.15, -0.1) is 0 Å². The average molecular weight is 549 g/mol. The molecule has 1 N–H and O–H groups in total. The highest BCUT2D eigenvalue weighted by molar-refractivity contribution is 6.46. The van der Waals surface area contributed by atoms with Crippen LogP contribution in [0.15, 0.2) is 103 Å². The fourth-order valence-electron chi connectivity index (χ4n) is 4.92. The van der Waals surface area contributed by atoms with E-state index in [1.165, 1.54) is 4.90 Å². The summed E-state index contributed by atoms with van der Waals surface area (Å²) in [4.78, 5) is 32.7. The lowest BCUT2D eigenvalue weighted by atomic mass is 9.93. The number of rotatable bonds is 10. The topological polar surface area (TPSA) is 89.0 Å². The molecule has 0 bridgehead atoms. The van der Waals surface area contributed by atoms with Crippen molar-refractivity contribution in [2.75, 3.05) is 6.61 Å². The van der Waals surface area contributed by atoms with Gasteiger partial charge in [0.15, 0.2) is 0 Å². The molecule has 5 rings (SSSR count). The van der Waals surface area contributed by atoms with Crippen LogP contribution in [0.4, 0.5) is 0 Å². The molecular weight excluding hydrogens is 516 g/mol. The largest absolute Gasteiger partial charge is 0.507 e. The molecule has 1 fully saturated rings. The molecule has 41 heavy (non-hydrogen) atoms. The van der Waals surface area contributed by atoms with Crippen molar-refractivity contribution in [1.82, 2.24) is 9.88 Å². The van der Waals surface area contributed by atoms with Crippen LogP contribution in [0.5, 0.6) is 17.2 Å². The highest BCUT2D eigenvalue weighted by Gasteiger charge is 2.46. The third-order valence-electron chi connectivity index (χ3n) is 6.99. The number of benzene rings is 3. The van der Waals surface area contributed by atoms with Gasteiger partial charge in [0.2, 0.25) is 0 Å². The average Bonchev–Trinajstić information content (AvgIpc) is 3.23. The second-order valence-electron chi connectivity index (χ2n) is 9.95. The van der Waals surface area contributed by atoms with E-state index in [0.717, 1.165) is 24.0 Å². The molecular formula is C34H32N2O5. The van der Waals surface area contributed by atoms with Crippen molar-refractivity contribution in [3.05, 3.63) is 125 Å². The third-order valence-corrected chi connectivity index (χ3v) is 6.99. The maximum absolute atomic E-state index is 13.6. The Labute approximate surface area is 239 Å². The summed E-state index contributed by atoms with van der Waals surface area (Å²) >= 11 is 0. The predicted molar refractivity (Wildman–Crippen MR) is 157 cm³/mol. The number of unbranched alkanes of at least 4 members (excludes halogenated alkanes) is 1. The monoisotopic (exact) mass is 548 g/mol. The summed E-state index contributed by atoms with van der Waals surface area (Å²) in [6.07, 6.45) is 5.27. The van der Waals surface area contributed by atoms with Crippen LogP contribution in [-0.2, 0) is 16.1 Å². The van der Waals surface area contributed by atoms with E-state index in [4.69, 9.17) is 9.47 Å². The lowest BCUT2D eigenvalue weighted by molar-refractivity contribution is -0.140. The first-order valence-corrected chi connectivity index (χ1v) is 13.7. The van der Waals surface area contributed by atoms with Gasteiger partial charge in [0.05, 0.1) is 18.2 Å². The lowest BCUT2D eigenvalue weighted by Crippen LogP contribution is -2.29. The molecule has 208 valence electrons. The molecule has 4 aromatic rings. The number of carbonyl (C=O) groups is 2. The van der Waals surface area contributed by atoms with E-state index in [1.807, 2.05) is 67.6 Å². The zero-order valence-electron chi connectivity index (χ0n) is 23.1. The summed E-state index contributed by atoms with van der Waals surface area (Å²) in [5.74, 6) is 0.234. The number of amides is 1. The van der Waals surface area contributed by atoms with Crippen LogP contribution in [-0.4, -0.2) is 33.3 Å². The number of aromatic nitrogens is 1. The third kappa shape index (κ3) is 6.14. The number of aliphatic hydroxyl groups excluding tert-OH is 1. The maximum Gasteiger partial charge on any atom is 0.295 e. The van der Waals surface area contributed by atoms with Gasteiger partial charge in [0, 0.05) is 24.5 Å². The van der Waals surface area contributed by atoms with E-state index < -0.39 is 17.7 Å². The minimum absolute atomic E-state index is 0.0264. The maximum atomic E-state index is 13.6. The molecule has 1 aromatic heterocycles. The number of carbonyl (C=O) groups excluding carboxylic acids is 2. The van der Waals surface area contributed by atoms with Crippen LogP contribution in [0.3, 0.4) is 0 Å². The van der Waals surface area contributed by atoms with Crippen LogP contribution in [0.1, 0.15) is 48.1 Å². The fourth-order valence-corrected chi connectivity index (χ4v) is 4.92. The van der Waals surface area contributed by atoms with E-state index in [-0.39, 0.29) is 17.9 Å². The molecule has 1 aliphatic heterocycles. The van der Waals surface area contributed by atoms with Crippen molar-refractivity contribution in [3.63, 3.8) is 0 Å². The van der Waals surface area contributed by atoms with Gasteiger partial charge in [0.1, 0.15) is 23.0 Å². The predicted octanol–water partition coefficient (Wildman–Crippen LogP) is 6.98. The molecule has 1 saturated heterocycles. The summed E-state index contributed by atoms with van der Waals surface area (Å²) in [6.45, 7) is 4.69. The van der Waals surface area contributed by atoms with Crippen molar-refractivity contribution >= 4 is 17.4 Å². The van der Waals surface area contributed by atoms with Crippen molar-refractivity contribution in [2.24, 2.45) is 0 Å². The number of nitrogens with zero attached hydrogens (tertiary/aromatic N) is 2. The molecule has 0 unspecified atom stereocenters. The number of Topliss-reactive ketones (excluding diaryl/α,β-unsaturated/α-hetero) is 1. The Morgan fingerprint density at radius 1 is 0.927 bits per heavy atom. The highest BCUT2D eigenvalue weighted by atomic mass is 16.5. The second-order valence-corrected chi connectivity index (χ2v) is 9.95. The van der Waals surface area contributed by atoms with Gasteiger partial charge in [0.25, 0.3) is 11.7 Å². The molecule has 0 spiro atoms. The molecule has 1 aliphatic rings. The van der Waals surface area contributed by atoms with Crippen LogP contribution in [0.2, 0.25) is 0 Å². The van der Waals surface area contributed by atoms with Gasteiger partial charge in [-0.1, -0.05) is 49.7 Å². The molecule has 1 atom stereocenters. The Hall–Kier alpha value is -4.91. The Morgan fingerprint density at radius 2 is 1.73 bits per heavy atom. The van der Waals surface area contributed by atoms with Crippen LogP contribution < -0.4 is 9.47 Å². The highest BCUT2D eigenvalue weighted by Crippen LogP contribution is 2.42. The normalized spacial score (nSPS) is 16.1. The first kappa shape index (κ1) is 27.6. The molecule has 3 aromatic carbocycles. The van der Waals surface area contributed by atoms with Crippen molar-refractivity contribution < 1.29 is 24.2 Å². The molecule has 1 amide bonds. The summed E-state index contributed by atoms with van der Waals surface area (Å²) in [5.41, 5.74) is 2.63. The number of ketones is 1. The number of hydrogen-bond acceptors (Lipinski definition) is 6. The lowest BCUT2D eigenvalue weighted by Gasteiger charge is -2.26. The zero-order chi connectivity index (χ0) is 28.8. The molecule has 7 heteroatoms. The zero-order valence-corrected chi connectivity index (χ0v) is 23.1.